The van der Waals surface area contributed by atoms with Gasteiger partial charge in [0, 0.05) is 31.7 Å². The molecule has 0 N–H and O–H groups in total. The summed E-state index contributed by atoms with van der Waals surface area (Å²) < 4.78 is 10.5. The first kappa shape index (κ1) is 22.8. The van der Waals surface area contributed by atoms with Crippen LogP contribution in [0.3, 0.4) is 0 Å². The molecule has 3 rings (SSSR count). The van der Waals surface area contributed by atoms with Gasteiger partial charge in [-0.25, -0.2) is 0 Å². The van der Waals surface area contributed by atoms with Crippen LogP contribution in [0.2, 0.25) is 0 Å². The Balaban J connectivity index is 1.50. The molecule has 0 bridgehead atoms. The second kappa shape index (κ2) is 9.94. The molecule has 1 aromatic rings. The first-order valence-electron chi connectivity index (χ1n) is 10.8. The van der Waals surface area contributed by atoms with E-state index >= 15 is 0 Å². The minimum absolute atomic E-state index is 0.0680. The summed E-state index contributed by atoms with van der Waals surface area (Å²) in [6.07, 6.45) is 0.204. The first-order valence-corrected chi connectivity index (χ1v) is 10.8. The third-order valence-corrected chi connectivity index (χ3v) is 5.87. The molecule has 168 valence electrons. The van der Waals surface area contributed by atoms with Crippen LogP contribution in [0.4, 0.5) is 5.69 Å². The van der Waals surface area contributed by atoms with E-state index in [1.807, 2.05) is 31.2 Å². The predicted octanol–water partition coefficient (Wildman–Crippen LogP) is 2.08. The van der Waals surface area contributed by atoms with E-state index in [0.717, 1.165) is 11.3 Å². The minimum atomic E-state index is -0.935. The van der Waals surface area contributed by atoms with Crippen LogP contribution in [0.5, 0.6) is 0 Å². The fourth-order valence-corrected chi connectivity index (χ4v) is 4.01. The maximum atomic E-state index is 12.7. The smallest absolute Gasteiger partial charge is 0.312 e. The molecule has 0 saturated carbocycles. The maximum absolute atomic E-state index is 12.7. The van der Waals surface area contributed by atoms with E-state index in [0.29, 0.717) is 32.5 Å². The molecule has 2 heterocycles. The molecule has 0 aliphatic carbocycles. The van der Waals surface area contributed by atoms with Crippen molar-refractivity contribution in [3.8, 4) is 0 Å². The second-order valence-electron chi connectivity index (χ2n) is 8.17. The summed E-state index contributed by atoms with van der Waals surface area (Å²) in [4.78, 5) is 52.7. The number of likely N-dealkylation sites (tertiary alicyclic amines) is 1. The van der Waals surface area contributed by atoms with Gasteiger partial charge in [0.1, 0.15) is 0 Å². The molecule has 0 radical (unpaired) electrons. The number of nitrogens with zero attached hydrogens (tertiary/aromatic N) is 2. The average Bonchev–Trinajstić information content (AvgIpc) is 3.15. The van der Waals surface area contributed by atoms with Crippen molar-refractivity contribution < 1.29 is 28.7 Å². The van der Waals surface area contributed by atoms with Gasteiger partial charge in [0.2, 0.25) is 5.91 Å². The summed E-state index contributed by atoms with van der Waals surface area (Å²) in [6.45, 7) is 6.72. The van der Waals surface area contributed by atoms with E-state index in [1.54, 1.807) is 23.6 Å². The molecular formula is C23H30N2O6. The summed E-state index contributed by atoms with van der Waals surface area (Å²) in [5.74, 6) is -1.97. The van der Waals surface area contributed by atoms with Crippen molar-refractivity contribution in [3.05, 3.63) is 29.8 Å². The fourth-order valence-electron chi connectivity index (χ4n) is 4.01. The number of hydrogen-bond donors (Lipinski definition) is 0. The zero-order valence-corrected chi connectivity index (χ0v) is 18.3. The molecule has 2 amide bonds. The van der Waals surface area contributed by atoms with Gasteiger partial charge in [-0.1, -0.05) is 17.7 Å². The van der Waals surface area contributed by atoms with Gasteiger partial charge in [0.25, 0.3) is 5.91 Å². The zero-order valence-electron chi connectivity index (χ0n) is 18.3. The number of benzene rings is 1. The molecule has 0 spiro atoms. The Morgan fingerprint density at radius 2 is 1.71 bits per heavy atom. The van der Waals surface area contributed by atoms with Gasteiger partial charge >= 0.3 is 11.9 Å². The van der Waals surface area contributed by atoms with Crippen molar-refractivity contribution in [2.24, 2.45) is 11.8 Å². The Labute approximate surface area is 182 Å². The van der Waals surface area contributed by atoms with E-state index < -0.39 is 18.0 Å². The predicted molar refractivity (Wildman–Crippen MR) is 113 cm³/mol. The number of amides is 2. The number of carbonyl (C=O) groups excluding carboxylic acids is 4. The number of hydrogen-bond acceptors (Lipinski definition) is 6. The highest BCUT2D eigenvalue weighted by atomic mass is 16.5. The van der Waals surface area contributed by atoms with Gasteiger partial charge in [-0.15, -0.1) is 0 Å². The number of piperidine rings is 1. The summed E-state index contributed by atoms with van der Waals surface area (Å²) in [5, 5.41) is 0. The summed E-state index contributed by atoms with van der Waals surface area (Å²) in [7, 11) is 0. The van der Waals surface area contributed by atoms with Crippen LogP contribution in [0.1, 0.15) is 38.7 Å². The van der Waals surface area contributed by atoms with Crippen molar-refractivity contribution in [3.63, 3.8) is 0 Å². The highest BCUT2D eigenvalue weighted by Gasteiger charge is 2.38. The van der Waals surface area contributed by atoms with Gasteiger partial charge in [0.15, 0.2) is 6.10 Å². The Hall–Kier alpha value is -2.90. The Morgan fingerprint density at radius 3 is 2.32 bits per heavy atom. The zero-order chi connectivity index (χ0) is 22.5. The van der Waals surface area contributed by atoms with Crippen molar-refractivity contribution >= 4 is 29.4 Å². The van der Waals surface area contributed by atoms with Crippen LogP contribution >= 0.6 is 0 Å². The molecule has 0 aromatic heterocycles. The largest absolute Gasteiger partial charge is 0.466 e. The summed E-state index contributed by atoms with van der Waals surface area (Å²) >= 11 is 0. The molecule has 2 atom stereocenters. The fraction of sp³-hybridized carbons (Fsp3) is 0.565. The van der Waals surface area contributed by atoms with Crippen LogP contribution in [0.15, 0.2) is 24.3 Å². The highest BCUT2D eigenvalue weighted by Crippen LogP contribution is 2.27. The first-order chi connectivity index (χ1) is 14.8. The normalized spacial score (nSPS) is 20.5. The van der Waals surface area contributed by atoms with Crippen LogP contribution in [-0.4, -0.2) is 61.0 Å². The Morgan fingerprint density at radius 1 is 1.06 bits per heavy atom. The van der Waals surface area contributed by atoms with Crippen LogP contribution in [0.25, 0.3) is 0 Å². The second-order valence-corrected chi connectivity index (χ2v) is 8.17. The minimum Gasteiger partial charge on any atom is -0.466 e. The molecule has 8 nitrogen and oxygen atoms in total. The third kappa shape index (κ3) is 5.42. The molecule has 2 fully saturated rings. The van der Waals surface area contributed by atoms with Crippen LogP contribution in [0, 0.1) is 18.8 Å². The van der Waals surface area contributed by atoms with E-state index in [-0.39, 0.29) is 36.7 Å². The molecule has 2 aliphatic rings. The number of anilines is 1. The lowest BCUT2D eigenvalue weighted by Crippen LogP contribution is -2.46. The standard InChI is InChI=1S/C23H30N2O6/c1-4-30-22(28)17-9-11-24(12-10-17)21(27)16(3)31-23(29)18-13-20(26)25(14-18)19-7-5-15(2)6-8-19/h5-8,16-18H,4,9-14H2,1-3H3. The lowest BCUT2D eigenvalue weighted by molar-refractivity contribution is -0.163. The van der Waals surface area contributed by atoms with Crippen molar-refractivity contribution in [2.75, 3.05) is 31.1 Å². The SMILES string of the molecule is CCOC(=O)C1CCN(C(=O)C(C)OC(=O)C2CC(=O)N(c3ccc(C)cc3)C2)CC1. The van der Waals surface area contributed by atoms with Crippen molar-refractivity contribution in [2.45, 2.75) is 46.1 Å². The summed E-state index contributed by atoms with van der Waals surface area (Å²) in [5.41, 5.74) is 1.84. The maximum Gasteiger partial charge on any atom is 0.312 e. The van der Waals surface area contributed by atoms with E-state index in [2.05, 4.69) is 0 Å². The molecule has 2 unspecified atom stereocenters. The molecule has 2 saturated heterocycles. The molecular weight excluding hydrogens is 400 g/mol. The quantitative estimate of drug-likeness (QED) is 0.642. The topological polar surface area (TPSA) is 93.2 Å². The number of rotatable bonds is 6. The van der Waals surface area contributed by atoms with E-state index in [1.165, 1.54) is 0 Å². The lowest BCUT2D eigenvalue weighted by atomic mass is 9.96. The lowest BCUT2D eigenvalue weighted by Gasteiger charge is -2.32. The van der Waals surface area contributed by atoms with Crippen molar-refractivity contribution in [1.82, 2.24) is 4.90 Å². The number of esters is 2. The Bertz CT molecular complexity index is 829. The number of ether oxygens (including phenoxy) is 2. The monoisotopic (exact) mass is 430 g/mol. The van der Waals surface area contributed by atoms with Crippen LogP contribution < -0.4 is 4.90 Å². The van der Waals surface area contributed by atoms with Crippen LogP contribution in [-0.2, 0) is 28.7 Å². The van der Waals surface area contributed by atoms with Gasteiger partial charge < -0.3 is 19.3 Å². The van der Waals surface area contributed by atoms with Gasteiger partial charge in [-0.3, -0.25) is 19.2 Å². The molecule has 2 aliphatic heterocycles. The summed E-state index contributed by atoms with van der Waals surface area (Å²) in [6, 6.07) is 7.54. The van der Waals surface area contributed by atoms with Gasteiger partial charge in [0.05, 0.1) is 18.4 Å². The number of carbonyl (C=O) groups is 4. The Kier molecular flexibility index (Phi) is 7.30. The average molecular weight is 431 g/mol. The van der Waals surface area contributed by atoms with Gasteiger partial charge in [-0.05, 0) is 45.7 Å². The molecule has 31 heavy (non-hydrogen) atoms. The van der Waals surface area contributed by atoms with E-state index in [4.69, 9.17) is 9.47 Å². The third-order valence-electron chi connectivity index (χ3n) is 5.87. The van der Waals surface area contributed by atoms with Crippen molar-refractivity contribution in [1.29, 1.82) is 0 Å². The molecule has 8 heteroatoms. The number of aryl methyl sites for hydroxylation is 1. The molecule has 1 aromatic carbocycles. The van der Waals surface area contributed by atoms with Gasteiger partial charge in [-0.2, -0.15) is 0 Å². The highest BCUT2D eigenvalue weighted by molar-refractivity contribution is 5.99. The van der Waals surface area contributed by atoms with E-state index in [9.17, 15) is 19.2 Å².